The maximum absolute atomic E-state index is 12.4. The standard InChI is InChI=1S/C33H38N4O6/c1-7-20-19(6)32(42)37-27(20)14-25-18(5)23(10-12-31(40)41)29(35-25)15-28-22(9-11-30(38)39)17(4)24(34-28)13-26-16(3)21(8-2)33(43)36-26/h7-8,15,26-27,35H,1-2,9-14H2,3-6H3,(H,36,43)(H,37,42)(H,38,39)(H,40,41)/p-2/b28-15-/t26-,27+/m0/s1. The Morgan fingerprint density at radius 1 is 0.884 bits per heavy atom. The van der Waals surface area contributed by atoms with E-state index < -0.39 is 11.9 Å². The number of carboxylic acids is 2. The van der Waals surface area contributed by atoms with Gasteiger partial charge >= 0.3 is 0 Å². The third-order valence-corrected chi connectivity index (χ3v) is 8.59. The van der Waals surface area contributed by atoms with Crippen molar-refractivity contribution in [1.29, 1.82) is 0 Å². The van der Waals surface area contributed by atoms with Crippen LogP contribution in [0.3, 0.4) is 0 Å². The number of carbonyl (C=O) groups is 4. The first kappa shape index (κ1) is 31.2. The van der Waals surface area contributed by atoms with Gasteiger partial charge in [0.15, 0.2) is 0 Å². The number of amides is 2. The molecule has 0 fully saturated rings. The molecule has 10 nitrogen and oxygen atoms in total. The van der Waals surface area contributed by atoms with Crippen molar-refractivity contribution < 1.29 is 29.4 Å². The lowest BCUT2D eigenvalue weighted by Gasteiger charge is -2.13. The van der Waals surface area contributed by atoms with Crippen molar-refractivity contribution in [3.63, 3.8) is 0 Å². The largest absolute Gasteiger partial charge is 0.550 e. The summed E-state index contributed by atoms with van der Waals surface area (Å²) < 4.78 is 0. The van der Waals surface area contributed by atoms with Crippen LogP contribution in [0.1, 0.15) is 69.0 Å². The molecular weight excluding hydrogens is 548 g/mol. The van der Waals surface area contributed by atoms with Gasteiger partial charge in [0, 0.05) is 53.0 Å². The van der Waals surface area contributed by atoms with Crippen molar-refractivity contribution in [2.45, 2.75) is 78.3 Å². The summed E-state index contributed by atoms with van der Waals surface area (Å²) in [7, 11) is 0. The van der Waals surface area contributed by atoms with Crippen molar-refractivity contribution in [2.75, 3.05) is 0 Å². The molecule has 1 aromatic heterocycles. The first-order chi connectivity index (χ1) is 20.4. The van der Waals surface area contributed by atoms with Crippen molar-refractivity contribution in [1.82, 2.24) is 15.6 Å². The second kappa shape index (κ2) is 12.6. The number of carbonyl (C=O) groups excluding carboxylic acids is 4. The Bertz CT molecular complexity index is 1600. The van der Waals surface area contributed by atoms with Crippen molar-refractivity contribution in [2.24, 2.45) is 4.99 Å². The average Bonchev–Trinajstić information content (AvgIpc) is 3.59. The van der Waals surface area contributed by atoms with E-state index in [2.05, 4.69) is 28.8 Å². The van der Waals surface area contributed by atoms with Gasteiger partial charge in [0.05, 0.1) is 17.8 Å². The highest BCUT2D eigenvalue weighted by Gasteiger charge is 2.32. The van der Waals surface area contributed by atoms with Gasteiger partial charge in [-0.1, -0.05) is 25.3 Å². The van der Waals surface area contributed by atoms with E-state index in [1.807, 2.05) is 26.8 Å². The summed E-state index contributed by atoms with van der Waals surface area (Å²) in [5.74, 6) is -2.71. The van der Waals surface area contributed by atoms with Gasteiger partial charge in [-0.2, -0.15) is 0 Å². The molecule has 0 aliphatic carbocycles. The maximum Gasteiger partial charge on any atom is 0.251 e. The summed E-state index contributed by atoms with van der Waals surface area (Å²) >= 11 is 0. The number of allylic oxidation sites excluding steroid dienone is 2. The highest BCUT2D eigenvalue weighted by molar-refractivity contribution is 6.07. The average molecular weight is 585 g/mol. The minimum absolute atomic E-state index is 0.154. The van der Waals surface area contributed by atoms with Crippen LogP contribution < -0.4 is 20.8 Å². The highest BCUT2D eigenvalue weighted by atomic mass is 16.4. The second-order valence-electron chi connectivity index (χ2n) is 11.1. The van der Waals surface area contributed by atoms with Gasteiger partial charge < -0.3 is 35.4 Å². The Labute approximate surface area is 250 Å². The molecule has 4 rings (SSSR count). The molecule has 2 atom stereocenters. The number of aromatic nitrogens is 1. The molecule has 1 aromatic rings. The number of aromatic amines is 1. The molecule has 0 saturated heterocycles. The second-order valence-corrected chi connectivity index (χ2v) is 11.1. The number of aliphatic imine (C=N–C) groups is 1. The Balaban J connectivity index is 1.75. The van der Waals surface area contributed by atoms with Gasteiger partial charge in [0.25, 0.3) is 5.91 Å². The van der Waals surface area contributed by atoms with Crippen LogP contribution >= 0.6 is 0 Å². The monoisotopic (exact) mass is 584 g/mol. The highest BCUT2D eigenvalue weighted by Crippen LogP contribution is 2.35. The van der Waals surface area contributed by atoms with Gasteiger partial charge in [-0.3, -0.25) is 14.6 Å². The van der Waals surface area contributed by atoms with Gasteiger partial charge in [-0.25, -0.2) is 0 Å². The molecule has 0 aromatic carbocycles. The van der Waals surface area contributed by atoms with Gasteiger partial charge in [0.1, 0.15) is 0 Å². The minimum Gasteiger partial charge on any atom is -0.550 e. The molecule has 2 amide bonds. The number of nitrogens with one attached hydrogen (secondary N) is 3. The molecule has 0 radical (unpaired) electrons. The van der Waals surface area contributed by atoms with Crippen LogP contribution in [-0.4, -0.2) is 46.5 Å². The van der Waals surface area contributed by atoms with E-state index in [0.717, 1.165) is 44.8 Å². The lowest BCUT2D eigenvalue weighted by molar-refractivity contribution is -0.307. The van der Waals surface area contributed by atoms with Crippen LogP contribution in [0, 0.1) is 6.92 Å². The molecule has 0 saturated carbocycles. The fourth-order valence-corrected chi connectivity index (χ4v) is 6.01. The summed E-state index contributed by atoms with van der Waals surface area (Å²) in [5.41, 5.74) is 8.77. The van der Waals surface area contributed by atoms with Crippen molar-refractivity contribution >= 4 is 35.5 Å². The van der Waals surface area contributed by atoms with E-state index >= 15 is 0 Å². The third-order valence-electron chi connectivity index (χ3n) is 8.59. The topological polar surface area (TPSA) is 167 Å². The molecule has 43 heavy (non-hydrogen) atoms. The van der Waals surface area contributed by atoms with Crippen LogP contribution in [-0.2, 0) is 32.0 Å². The Morgan fingerprint density at radius 2 is 1.53 bits per heavy atom. The fraction of sp³-hybridized carbons (Fsp3) is 0.364. The van der Waals surface area contributed by atoms with Crippen LogP contribution in [0.25, 0.3) is 6.08 Å². The van der Waals surface area contributed by atoms with Crippen LogP contribution in [0.2, 0.25) is 0 Å². The smallest absolute Gasteiger partial charge is 0.251 e. The minimum atomic E-state index is -1.18. The number of H-pyrrole nitrogens is 1. The number of aliphatic carboxylic acids is 2. The van der Waals surface area contributed by atoms with Crippen LogP contribution in [0.4, 0.5) is 0 Å². The molecule has 4 heterocycles. The van der Waals surface area contributed by atoms with Crippen LogP contribution in [0.5, 0.6) is 0 Å². The van der Waals surface area contributed by atoms with E-state index in [1.165, 1.54) is 6.08 Å². The molecular formula is C33H36N4O6-2. The summed E-state index contributed by atoms with van der Waals surface area (Å²) in [6.07, 6.45) is 5.89. The first-order valence-electron chi connectivity index (χ1n) is 14.2. The zero-order chi connectivity index (χ0) is 31.6. The third kappa shape index (κ3) is 6.38. The lowest BCUT2D eigenvalue weighted by atomic mass is 9.95. The zero-order valence-corrected chi connectivity index (χ0v) is 24.9. The summed E-state index contributed by atoms with van der Waals surface area (Å²) in [6, 6.07) is -0.557. The molecule has 10 heteroatoms. The van der Waals surface area contributed by atoms with Gasteiger partial charge in [-0.15, -0.1) is 0 Å². The first-order valence-corrected chi connectivity index (χ1v) is 14.2. The van der Waals surface area contributed by atoms with E-state index in [4.69, 9.17) is 4.99 Å². The van der Waals surface area contributed by atoms with E-state index in [-0.39, 0.29) is 49.6 Å². The van der Waals surface area contributed by atoms with E-state index in [0.29, 0.717) is 35.4 Å². The summed E-state index contributed by atoms with van der Waals surface area (Å²) in [6.45, 7) is 15.0. The Hall–Kier alpha value is -4.73. The predicted molar refractivity (Wildman–Crippen MR) is 159 cm³/mol. The van der Waals surface area contributed by atoms with Gasteiger partial charge in [0.2, 0.25) is 5.91 Å². The molecule has 226 valence electrons. The summed E-state index contributed by atoms with van der Waals surface area (Å²) in [5, 5.41) is 28.7. The number of carboxylic acid groups (broad SMARTS) is 2. The molecule has 0 bridgehead atoms. The number of nitrogens with zero attached hydrogens (tertiary/aromatic N) is 1. The van der Waals surface area contributed by atoms with E-state index in [1.54, 1.807) is 13.0 Å². The van der Waals surface area contributed by atoms with Crippen molar-refractivity contribution in [3.8, 4) is 0 Å². The predicted octanol–water partition coefficient (Wildman–Crippen LogP) is 1.58. The van der Waals surface area contributed by atoms with Crippen LogP contribution in [0.15, 0.2) is 69.4 Å². The van der Waals surface area contributed by atoms with E-state index in [9.17, 15) is 29.4 Å². The molecule has 3 aliphatic rings. The number of hydrogen-bond acceptors (Lipinski definition) is 7. The molecule has 3 aliphatic heterocycles. The molecule has 3 N–H and O–H groups in total. The number of rotatable bonds is 13. The quantitative estimate of drug-likeness (QED) is 0.318. The molecule has 0 unspecified atom stereocenters. The number of hydrogen-bond donors (Lipinski definition) is 3. The normalized spacial score (nSPS) is 21.1. The van der Waals surface area contributed by atoms with Crippen molar-refractivity contribution in [3.05, 3.63) is 87.0 Å². The SMILES string of the molecule is C=CC1=C(C)[C@H](CC2=N/C(=C\c3[nH]c(C[C@H]4NC(=O)C(C)=C4C=C)c(C)c3CCC(=O)[O-])C(CCC(=O)[O-])=C2C)NC1=O. The van der Waals surface area contributed by atoms with Gasteiger partial charge in [-0.05, 0) is 92.9 Å². The zero-order valence-electron chi connectivity index (χ0n) is 24.9. The fourth-order valence-electron chi connectivity index (χ4n) is 6.01. The lowest BCUT2D eigenvalue weighted by Crippen LogP contribution is -2.30. The Morgan fingerprint density at radius 3 is 2.14 bits per heavy atom. The Kier molecular flexibility index (Phi) is 9.18. The maximum atomic E-state index is 12.4. The summed E-state index contributed by atoms with van der Waals surface area (Å²) in [4.78, 5) is 55.7. The molecule has 0 spiro atoms.